The standard InChI is InChI=1S/C13H9F3N4OS2/c1-21-10-3-2-7(23-10)6-4-9(17)20-11(18-6)12-19-8(5-22-12)13(14,15)16/h2-5H,1H3,(H2,17,18,20). The highest BCUT2D eigenvalue weighted by Gasteiger charge is 2.34. The van der Waals surface area contributed by atoms with E-state index in [0.717, 1.165) is 21.6 Å². The number of ether oxygens (including phenoxy) is 1. The van der Waals surface area contributed by atoms with Crippen LogP contribution in [-0.2, 0) is 6.18 Å². The summed E-state index contributed by atoms with van der Waals surface area (Å²) in [5.74, 6) is 0.217. The van der Waals surface area contributed by atoms with E-state index in [1.807, 2.05) is 0 Å². The number of alkyl halides is 3. The van der Waals surface area contributed by atoms with Gasteiger partial charge < -0.3 is 10.5 Å². The van der Waals surface area contributed by atoms with Gasteiger partial charge in [-0.05, 0) is 12.1 Å². The van der Waals surface area contributed by atoms with Crippen LogP contribution in [0.5, 0.6) is 5.06 Å². The molecule has 0 unspecified atom stereocenters. The van der Waals surface area contributed by atoms with Crippen molar-refractivity contribution < 1.29 is 17.9 Å². The Balaban J connectivity index is 2.02. The number of methoxy groups -OCH3 is 1. The van der Waals surface area contributed by atoms with Crippen LogP contribution in [0.25, 0.3) is 21.4 Å². The summed E-state index contributed by atoms with van der Waals surface area (Å²) >= 11 is 2.16. The van der Waals surface area contributed by atoms with E-state index in [1.54, 1.807) is 25.3 Å². The van der Waals surface area contributed by atoms with Crippen molar-refractivity contribution in [3.05, 3.63) is 29.3 Å². The topological polar surface area (TPSA) is 73.9 Å². The Bertz CT molecular complexity index is 844. The molecule has 0 saturated carbocycles. The second-order valence-corrected chi connectivity index (χ2v) is 6.26. The first kappa shape index (κ1) is 15.7. The molecule has 5 nitrogen and oxygen atoms in total. The predicted octanol–water partition coefficient (Wildman–Crippen LogP) is 3.94. The number of thiophene rings is 1. The fourth-order valence-corrected chi connectivity index (χ4v) is 3.30. The number of hydrogen-bond donors (Lipinski definition) is 1. The van der Waals surface area contributed by atoms with Crippen molar-refractivity contribution in [3.63, 3.8) is 0 Å². The van der Waals surface area contributed by atoms with Crippen molar-refractivity contribution in [2.75, 3.05) is 12.8 Å². The van der Waals surface area contributed by atoms with Crippen molar-refractivity contribution in [1.82, 2.24) is 15.0 Å². The van der Waals surface area contributed by atoms with Crippen LogP contribution >= 0.6 is 22.7 Å². The molecule has 3 rings (SSSR count). The summed E-state index contributed by atoms with van der Waals surface area (Å²) in [6, 6.07) is 5.11. The van der Waals surface area contributed by atoms with Gasteiger partial charge in [0.05, 0.1) is 17.7 Å². The molecule has 0 aromatic carbocycles. The molecule has 23 heavy (non-hydrogen) atoms. The van der Waals surface area contributed by atoms with E-state index in [4.69, 9.17) is 10.5 Å². The smallest absolute Gasteiger partial charge is 0.434 e. The van der Waals surface area contributed by atoms with Gasteiger partial charge in [0.15, 0.2) is 21.6 Å². The number of aromatic nitrogens is 3. The second kappa shape index (κ2) is 5.78. The number of thiazole rings is 1. The van der Waals surface area contributed by atoms with Crippen LogP contribution in [0.15, 0.2) is 23.6 Å². The van der Waals surface area contributed by atoms with Crippen molar-refractivity contribution in [1.29, 1.82) is 0 Å². The van der Waals surface area contributed by atoms with E-state index in [9.17, 15) is 13.2 Å². The van der Waals surface area contributed by atoms with Gasteiger partial charge >= 0.3 is 6.18 Å². The summed E-state index contributed by atoms with van der Waals surface area (Å²) in [6.45, 7) is 0. The molecule has 120 valence electrons. The Kier molecular flexibility index (Phi) is 3.94. The maximum absolute atomic E-state index is 12.6. The molecule has 0 aliphatic heterocycles. The Labute approximate surface area is 136 Å². The maximum atomic E-state index is 12.6. The molecular formula is C13H9F3N4OS2. The van der Waals surface area contributed by atoms with E-state index in [-0.39, 0.29) is 16.6 Å². The summed E-state index contributed by atoms with van der Waals surface area (Å²) in [4.78, 5) is 12.5. The summed E-state index contributed by atoms with van der Waals surface area (Å²) in [6.07, 6.45) is -4.50. The Hall–Kier alpha value is -2.20. The molecule has 10 heteroatoms. The lowest BCUT2D eigenvalue weighted by Gasteiger charge is -2.03. The molecule has 0 aliphatic rings. The van der Waals surface area contributed by atoms with Gasteiger partial charge in [-0.2, -0.15) is 13.2 Å². The van der Waals surface area contributed by atoms with Crippen LogP contribution in [0.4, 0.5) is 19.0 Å². The van der Waals surface area contributed by atoms with Crippen LogP contribution in [0, 0.1) is 0 Å². The zero-order valence-electron chi connectivity index (χ0n) is 11.6. The van der Waals surface area contributed by atoms with Crippen molar-refractivity contribution in [2.24, 2.45) is 0 Å². The molecule has 3 aromatic rings. The van der Waals surface area contributed by atoms with E-state index in [1.165, 1.54) is 11.3 Å². The highest BCUT2D eigenvalue weighted by atomic mass is 32.1. The molecule has 3 heterocycles. The van der Waals surface area contributed by atoms with Crippen molar-refractivity contribution in [2.45, 2.75) is 6.18 Å². The molecular weight excluding hydrogens is 349 g/mol. The minimum Gasteiger partial charge on any atom is -0.487 e. The maximum Gasteiger partial charge on any atom is 0.434 e. The fourth-order valence-electron chi connectivity index (χ4n) is 1.76. The average Bonchev–Trinajstić information content (AvgIpc) is 3.15. The molecule has 0 fully saturated rings. The molecule has 0 saturated heterocycles. The van der Waals surface area contributed by atoms with Gasteiger partial charge in [0, 0.05) is 11.4 Å². The zero-order chi connectivity index (χ0) is 16.6. The molecule has 0 atom stereocenters. The molecule has 0 amide bonds. The molecule has 0 bridgehead atoms. The van der Waals surface area contributed by atoms with E-state index in [2.05, 4.69) is 15.0 Å². The first-order valence-corrected chi connectivity index (χ1v) is 7.88. The number of nitrogen functional groups attached to an aromatic ring is 1. The summed E-state index contributed by atoms with van der Waals surface area (Å²) < 4.78 is 43.1. The lowest BCUT2D eigenvalue weighted by Crippen LogP contribution is -2.05. The highest BCUT2D eigenvalue weighted by molar-refractivity contribution is 7.17. The highest BCUT2D eigenvalue weighted by Crippen LogP contribution is 2.35. The molecule has 2 N–H and O–H groups in total. The number of halogens is 3. The second-order valence-electron chi connectivity index (χ2n) is 4.36. The van der Waals surface area contributed by atoms with Crippen LogP contribution in [0.2, 0.25) is 0 Å². The van der Waals surface area contributed by atoms with Gasteiger partial charge in [0.1, 0.15) is 5.82 Å². The van der Waals surface area contributed by atoms with E-state index >= 15 is 0 Å². The number of hydrogen-bond acceptors (Lipinski definition) is 7. The zero-order valence-corrected chi connectivity index (χ0v) is 13.2. The Morgan fingerprint density at radius 3 is 2.57 bits per heavy atom. The molecule has 0 aliphatic carbocycles. The van der Waals surface area contributed by atoms with Crippen LogP contribution in [0.1, 0.15) is 5.69 Å². The minimum absolute atomic E-state index is 0.0628. The third-order valence-electron chi connectivity index (χ3n) is 2.77. The lowest BCUT2D eigenvalue weighted by atomic mass is 10.3. The SMILES string of the molecule is COc1ccc(-c2cc(N)nc(-c3nc(C(F)(F)F)cs3)n2)s1. The van der Waals surface area contributed by atoms with Gasteiger partial charge in [0.2, 0.25) is 0 Å². The first-order valence-electron chi connectivity index (χ1n) is 6.18. The van der Waals surface area contributed by atoms with E-state index < -0.39 is 11.9 Å². The van der Waals surface area contributed by atoms with Crippen molar-refractivity contribution in [3.8, 4) is 26.5 Å². The number of rotatable bonds is 3. The Morgan fingerprint density at radius 1 is 1.17 bits per heavy atom. The van der Waals surface area contributed by atoms with Gasteiger partial charge in [-0.3, -0.25) is 0 Å². The van der Waals surface area contributed by atoms with Crippen LogP contribution in [0.3, 0.4) is 0 Å². The monoisotopic (exact) mass is 358 g/mol. The lowest BCUT2D eigenvalue weighted by molar-refractivity contribution is -0.140. The minimum atomic E-state index is -4.50. The number of nitrogens with two attached hydrogens (primary N) is 1. The number of nitrogens with zero attached hydrogens (tertiary/aromatic N) is 3. The van der Waals surface area contributed by atoms with Gasteiger partial charge in [0.25, 0.3) is 0 Å². The fraction of sp³-hybridized carbons (Fsp3) is 0.154. The summed E-state index contributed by atoms with van der Waals surface area (Å²) in [5, 5.41) is 1.68. The predicted molar refractivity (Wildman–Crippen MR) is 82.4 cm³/mol. The van der Waals surface area contributed by atoms with Crippen molar-refractivity contribution >= 4 is 28.5 Å². The number of anilines is 1. The third kappa shape index (κ3) is 3.27. The van der Waals surface area contributed by atoms with Crippen LogP contribution < -0.4 is 10.5 Å². The van der Waals surface area contributed by atoms with Gasteiger partial charge in [-0.1, -0.05) is 11.3 Å². The summed E-state index contributed by atoms with van der Waals surface area (Å²) in [5.41, 5.74) is 5.28. The third-order valence-corrected chi connectivity index (χ3v) is 4.67. The average molecular weight is 358 g/mol. The largest absolute Gasteiger partial charge is 0.487 e. The summed E-state index contributed by atoms with van der Waals surface area (Å²) in [7, 11) is 1.55. The van der Waals surface area contributed by atoms with Gasteiger partial charge in [-0.15, -0.1) is 11.3 Å². The van der Waals surface area contributed by atoms with Crippen LogP contribution in [-0.4, -0.2) is 22.1 Å². The van der Waals surface area contributed by atoms with E-state index in [0.29, 0.717) is 10.8 Å². The first-order chi connectivity index (χ1) is 10.9. The Morgan fingerprint density at radius 2 is 1.96 bits per heavy atom. The molecule has 0 spiro atoms. The quantitative estimate of drug-likeness (QED) is 0.768. The molecule has 0 radical (unpaired) electrons. The molecule has 3 aromatic heterocycles. The van der Waals surface area contributed by atoms with Gasteiger partial charge in [-0.25, -0.2) is 15.0 Å². The normalized spacial score (nSPS) is 11.7.